The number of hydrogen-bond acceptors (Lipinski definition) is 5. The highest BCUT2D eigenvalue weighted by Gasteiger charge is 2.42. The predicted molar refractivity (Wildman–Crippen MR) is 78.7 cm³/mol. The molecule has 1 unspecified atom stereocenters. The Balaban J connectivity index is 3.46. The molecule has 110 valence electrons. The summed E-state index contributed by atoms with van der Waals surface area (Å²) < 4.78 is 24.2. The van der Waals surface area contributed by atoms with Crippen LogP contribution in [0.4, 0.5) is 0 Å². The van der Waals surface area contributed by atoms with Crippen LogP contribution in [0.5, 0.6) is 0 Å². The molecule has 1 heterocycles. The predicted octanol–water partition coefficient (Wildman–Crippen LogP) is 0.925. The van der Waals surface area contributed by atoms with Crippen LogP contribution in [0.3, 0.4) is 0 Å². The van der Waals surface area contributed by atoms with Crippen LogP contribution in [-0.2, 0) is 23.9 Å². The summed E-state index contributed by atoms with van der Waals surface area (Å²) in [5.74, 6) is 3.64. The Morgan fingerprint density at radius 3 is 2.50 bits per heavy atom. The van der Waals surface area contributed by atoms with Crippen molar-refractivity contribution in [1.82, 2.24) is 9.71 Å². The van der Waals surface area contributed by atoms with Gasteiger partial charge < -0.3 is 9.47 Å². The van der Waals surface area contributed by atoms with Crippen molar-refractivity contribution in [1.29, 1.82) is 5.26 Å². The van der Waals surface area contributed by atoms with Gasteiger partial charge in [-0.05, 0) is 17.5 Å². The molecule has 1 aromatic heterocycles. The fourth-order valence-corrected chi connectivity index (χ4v) is 3.44. The van der Waals surface area contributed by atoms with Gasteiger partial charge in [-0.3, -0.25) is 0 Å². The highest BCUT2D eigenvalue weighted by molar-refractivity contribution is 7.99. The minimum Gasteiger partial charge on any atom is -0.383 e. The maximum Gasteiger partial charge on any atom is 0.188 e. The second kappa shape index (κ2) is 6.90. The molecule has 6 nitrogen and oxygen atoms in total. The molecule has 8 heteroatoms. The molecule has 1 N–H and O–H groups in total. The van der Waals surface area contributed by atoms with Gasteiger partial charge in [-0.1, -0.05) is 17.7 Å². The molecule has 0 aliphatic heterocycles. The van der Waals surface area contributed by atoms with Crippen molar-refractivity contribution >= 4 is 27.2 Å². The maximum atomic E-state index is 12.8. The molecule has 0 aromatic carbocycles. The molecule has 0 radical (unpaired) electrons. The molecule has 0 fully saturated rings. The fraction of sp³-hybridized carbons (Fsp3) is 0.417. The van der Waals surface area contributed by atoms with E-state index >= 15 is 0 Å². The first-order valence-electron chi connectivity index (χ1n) is 5.56. The first kappa shape index (κ1) is 16.7. The zero-order chi connectivity index (χ0) is 15.2. The van der Waals surface area contributed by atoms with Gasteiger partial charge in [0.25, 0.3) is 0 Å². The van der Waals surface area contributed by atoms with Crippen molar-refractivity contribution in [3.05, 3.63) is 29.0 Å². The molecule has 1 aromatic rings. The van der Waals surface area contributed by atoms with Crippen LogP contribution in [0.2, 0.25) is 5.15 Å². The topological polar surface area (TPSA) is 84.2 Å². The van der Waals surface area contributed by atoms with E-state index in [-0.39, 0.29) is 13.2 Å². The van der Waals surface area contributed by atoms with Gasteiger partial charge in [0.15, 0.2) is 6.19 Å². The van der Waals surface area contributed by atoms with Crippen LogP contribution < -0.4 is 4.72 Å². The van der Waals surface area contributed by atoms with Gasteiger partial charge in [0.1, 0.15) is 9.90 Å². The average Bonchev–Trinajstić information content (AvgIpc) is 2.39. The first-order chi connectivity index (χ1) is 9.43. The second-order valence-corrected chi connectivity index (χ2v) is 6.84. The SMILES string of the molecule is C=S(=O)(NC#N)C(COC)(COC)c1ccc(Cl)nc1. The zero-order valence-corrected chi connectivity index (χ0v) is 12.8. The van der Waals surface area contributed by atoms with Gasteiger partial charge in [0, 0.05) is 20.4 Å². The van der Waals surface area contributed by atoms with Gasteiger partial charge in [0.05, 0.1) is 22.9 Å². The summed E-state index contributed by atoms with van der Waals surface area (Å²) in [6.07, 6.45) is 3.14. The second-order valence-electron chi connectivity index (χ2n) is 4.12. The van der Waals surface area contributed by atoms with Crippen LogP contribution in [-0.4, -0.2) is 42.5 Å². The third-order valence-electron chi connectivity index (χ3n) is 2.85. The third kappa shape index (κ3) is 3.22. The Hall–Kier alpha value is -1.33. The average molecular weight is 318 g/mol. The van der Waals surface area contributed by atoms with E-state index in [2.05, 4.69) is 15.6 Å². The number of halogens is 1. The Bertz CT molecular complexity index is 575. The smallest absolute Gasteiger partial charge is 0.188 e. The Morgan fingerprint density at radius 2 is 2.10 bits per heavy atom. The highest BCUT2D eigenvalue weighted by Crippen LogP contribution is 2.31. The monoisotopic (exact) mass is 317 g/mol. The van der Waals surface area contributed by atoms with Crippen LogP contribution >= 0.6 is 11.6 Å². The van der Waals surface area contributed by atoms with Crippen molar-refractivity contribution in [2.75, 3.05) is 27.4 Å². The van der Waals surface area contributed by atoms with Crippen molar-refractivity contribution in [3.63, 3.8) is 0 Å². The Labute approximate surface area is 123 Å². The van der Waals surface area contributed by atoms with Gasteiger partial charge in [-0.25, -0.2) is 13.9 Å². The zero-order valence-electron chi connectivity index (χ0n) is 11.3. The molecular formula is C12H16ClN3O3S. The van der Waals surface area contributed by atoms with Crippen LogP contribution in [0, 0.1) is 11.5 Å². The van der Waals surface area contributed by atoms with Crippen LogP contribution in [0.1, 0.15) is 5.56 Å². The van der Waals surface area contributed by atoms with Crippen molar-refractivity contribution in [2.45, 2.75) is 4.75 Å². The Morgan fingerprint density at radius 1 is 1.50 bits per heavy atom. The lowest BCUT2D eigenvalue weighted by Crippen LogP contribution is -2.49. The number of aromatic nitrogens is 1. The minimum absolute atomic E-state index is 0.0428. The number of pyridine rings is 1. The standard InChI is InChI=1S/C12H16ClN3O3S/c1-18-7-12(8-19-2,20(3,17)16-9-14)10-4-5-11(13)15-6-10/h4-6H,3,7-8H2,1-2H3,(H,16,17). The number of ether oxygens (including phenoxy) is 2. The molecule has 0 saturated carbocycles. The van der Waals surface area contributed by atoms with E-state index < -0.39 is 14.5 Å². The lowest BCUT2D eigenvalue weighted by molar-refractivity contribution is 0.0990. The van der Waals surface area contributed by atoms with E-state index in [1.807, 2.05) is 0 Å². The van der Waals surface area contributed by atoms with E-state index in [0.717, 1.165) is 0 Å². The maximum absolute atomic E-state index is 12.8. The van der Waals surface area contributed by atoms with Crippen molar-refractivity contribution < 1.29 is 13.7 Å². The molecule has 0 spiro atoms. The van der Waals surface area contributed by atoms with Gasteiger partial charge in [-0.15, -0.1) is 0 Å². The quantitative estimate of drug-likeness (QED) is 0.350. The summed E-state index contributed by atoms with van der Waals surface area (Å²) in [7, 11) is -0.133. The molecule has 0 aliphatic carbocycles. The van der Waals surface area contributed by atoms with Crippen molar-refractivity contribution in [3.8, 4) is 6.19 Å². The number of rotatable bonds is 7. The molecule has 0 saturated heterocycles. The van der Waals surface area contributed by atoms with Gasteiger partial charge in [-0.2, -0.15) is 5.26 Å². The molecule has 1 rings (SSSR count). The van der Waals surface area contributed by atoms with Gasteiger partial charge in [0.2, 0.25) is 0 Å². The number of hydrogen-bond donors (Lipinski definition) is 1. The molecular weight excluding hydrogens is 302 g/mol. The normalized spacial score (nSPS) is 14.3. The molecule has 0 bridgehead atoms. The Kier molecular flexibility index (Phi) is 5.77. The number of methoxy groups -OCH3 is 2. The fourth-order valence-electron chi connectivity index (χ4n) is 1.87. The summed E-state index contributed by atoms with van der Waals surface area (Å²) in [6.45, 7) is 0.0856. The third-order valence-corrected chi connectivity index (χ3v) is 5.23. The largest absolute Gasteiger partial charge is 0.383 e. The number of nitrogens with zero attached hydrogens (tertiary/aromatic N) is 2. The van der Waals surface area contributed by atoms with Crippen LogP contribution in [0.25, 0.3) is 0 Å². The van der Waals surface area contributed by atoms with Crippen LogP contribution in [0.15, 0.2) is 18.3 Å². The lowest BCUT2D eigenvalue weighted by atomic mass is 10.0. The molecule has 0 amide bonds. The summed E-state index contributed by atoms with van der Waals surface area (Å²) in [5, 5.41) is 9.10. The summed E-state index contributed by atoms with van der Waals surface area (Å²) in [6, 6.07) is 3.23. The van der Waals surface area contributed by atoms with E-state index in [1.54, 1.807) is 18.3 Å². The van der Waals surface area contributed by atoms with E-state index in [0.29, 0.717) is 10.7 Å². The molecule has 0 aliphatic rings. The summed E-state index contributed by atoms with van der Waals surface area (Å²) in [5.41, 5.74) is 0.563. The van der Waals surface area contributed by atoms with E-state index in [4.69, 9.17) is 26.3 Å². The molecule has 1 atom stereocenters. The summed E-state index contributed by atoms with van der Waals surface area (Å²) in [4.78, 5) is 3.97. The van der Waals surface area contributed by atoms with E-state index in [1.165, 1.54) is 20.4 Å². The highest BCUT2D eigenvalue weighted by atomic mass is 35.5. The van der Waals surface area contributed by atoms with Gasteiger partial charge >= 0.3 is 0 Å². The minimum atomic E-state index is -3.07. The first-order valence-corrected chi connectivity index (χ1v) is 7.66. The number of nitriles is 1. The van der Waals surface area contributed by atoms with E-state index in [9.17, 15) is 4.21 Å². The molecule has 20 heavy (non-hydrogen) atoms. The lowest BCUT2D eigenvalue weighted by Gasteiger charge is -2.34. The number of nitrogens with one attached hydrogen (secondary N) is 1. The summed E-state index contributed by atoms with van der Waals surface area (Å²) >= 11 is 5.76. The van der Waals surface area contributed by atoms with Crippen molar-refractivity contribution in [2.24, 2.45) is 0 Å².